The van der Waals surface area contributed by atoms with Crippen molar-refractivity contribution in [2.45, 2.75) is 12.6 Å². The van der Waals surface area contributed by atoms with E-state index in [2.05, 4.69) is 20.9 Å². The monoisotopic (exact) mass is 376 g/mol. The van der Waals surface area contributed by atoms with Crippen molar-refractivity contribution in [3.05, 3.63) is 39.6 Å². The second-order valence-corrected chi connectivity index (χ2v) is 4.66. The minimum absolute atomic E-state index is 0.340. The lowest BCUT2D eigenvalue weighted by atomic mass is 10.1. The van der Waals surface area contributed by atoms with Crippen molar-refractivity contribution < 1.29 is 30.7 Å². The van der Waals surface area contributed by atoms with E-state index in [1.807, 2.05) is 0 Å². The van der Waals surface area contributed by atoms with E-state index in [1.54, 1.807) is 4.98 Å². The highest BCUT2D eigenvalue weighted by molar-refractivity contribution is 9.10. The maximum atomic E-state index is 13.7. The van der Waals surface area contributed by atoms with Crippen LogP contribution < -0.4 is 0 Å². The Balaban J connectivity index is 2.58. The Morgan fingerprint density at radius 2 is 1.62 bits per heavy atom. The first-order chi connectivity index (χ1) is 9.61. The number of aromatic amines is 1. The molecule has 0 spiro atoms. The molecule has 0 fully saturated rings. The van der Waals surface area contributed by atoms with Crippen molar-refractivity contribution in [2.75, 3.05) is 0 Å². The smallest absolute Gasteiger partial charge is 0.333 e. The van der Waals surface area contributed by atoms with E-state index >= 15 is 0 Å². The second-order valence-electron chi connectivity index (χ2n) is 3.91. The lowest BCUT2D eigenvalue weighted by Gasteiger charge is -2.06. The van der Waals surface area contributed by atoms with Gasteiger partial charge < -0.3 is 4.98 Å². The first kappa shape index (κ1) is 15.8. The summed E-state index contributed by atoms with van der Waals surface area (Å²) in [5.41, 5.74) is -3.21. The van der Waals surface area contributed by atoms with Gasteiger partial charge in [-0.05, 0) is 28.1 Å². The van der Waals surface area contributed by atoms with Crippen LogP contribution in [0.15, 0.2) is 16.7 Å². The van der Waals surface area contributed by atoms with Gasteiger partial charge in [0.25, 0.3) is 6.43 Å². The molecule has 1 aromatic carbocycles. The molecule has 1 N–H and O–H groups in total. The fourth-order valence-corrected chi connectivity index (χ4v) is 2.10. The number of nitrogens with zero attached hydrogens (tertiary/aromatic N) is 1. The number of nitrogens with one attached hydrogen (secondary N) is 1. The minimum Gasteiger partial charge on any atom is -0.333 e. The lowest BCUT2D eigenvalue weighted by Crippen LogP contribution is -2.06. The normalized spacial score (nSPS) is 12.2. The molecule has 2 nitrogen and oxygen atoms in total. The summed E-state index contributed by atoms with van der Waals surface area (Å²) >= 11 is 2.51. The van der Waals surface area contributed by atoms with Gasteiger partial charge in [0.15, 0.2) is 5.69 Å². The first-order valence-corrected chi connectivity index (χ1v) is 6.00. The van der Waals surface area contributed by atoms with E-state index in [4.69, 9.17) is 0 Å². The summed E-state index contributed by atoms with van der Waals surface area (Å²) in [5.74, 6) is -3.65. The van der Waals surface area contributed by atoms with Crippen LogP contribution in [-0.4, -0.2) is 9.97 Å². The van der Waals surface area contributed by atoms with Crippen LogP contribution >= 0.6 is 15.9 Å². The predicted molar refractivity (Wildman–Crippen MR) is 61.6 cm³/mol. The molecule has 2 rings (SSSR count). The molecule has 0 bridgehead atoms. The van der Waals surface area contributed by atoms with Crippen molar-refractivity contribution in [3.63, 3.8) is 0 Å². The number of aromatic nitrogens is 2. The van der Waals surface area contributed by atoms with Crippen LogP contribution in [0.5, 0.6) is 0 Å². The molecule has 0 aliphatic carbocycles. The van der Waals surface area contributed by atoms with Crippen LogP contribution in [0.25, 0.3) is 11.4 Å². The van der Waals surface area contributed by atoms with E-state index < -0.39 is 51.5 Å². The zero-order chi connectivity index (χ0) is 15.9. The van der Waals surface area contributed by atoms with E-state index in [-0.39, 0.29) is 0 Å². The lowest BCUT2D eigenvalue weighted by molar-refractivity contribution is -0.141. The van der Waals surface area contributed by atoms with Gasteiger partial charge in [0, 0.05) is 5.56 Å². The number of rotatable bonds is 2. The topological polar surface area (TPSA) is 28.7 Å². The maximum absolute atomic E-state index is 13.7. The summed E-state index contributed by atoms with van der Waals surface area (Å²) in [5, 5.41) is 0. The molecule has 0 radical (unpaired) electrons. The number of H-pyrrole nitrogens is 1. The maximum Gasteiger partial charge on any atom is 0.433 e. The SMILES string of the molecule is Fc1cc(C(F)F)cc(F)c1-c1nc(Br)c(C(F)(F)F)[nH]1. The molecule has 0 atom stereocenters. The summed E-state index contributed by atoms with van der Waals surface area (Å²) < 4.78 is 89.1. The Morgan fingerprint density at radius 1 is 1.10 bits per heavy atom. The predicted octanol–water partition coefficient (Wildman–Crippen LogP) is 5.07. The zero-order valence-electron chi connectivity index (χ0n) is 9.70. The van der Waals surface area contributed by atoms with Crippen LogP contribution in [0.4, 0.5) is 30.7 Å². The number of hydrogen-bond donors (Lipinski definition) is 1. The Morgan fingerprint density at radius 3 is 2.00 bits per heavy atom. The molecule has 10 heteroatoms. The van der Waals surface area contributed by atoms with E-state index in [0.29, 0.717) is 12.1 Å². The van der Waals surface area contributed by atoms with Gasteiger partial charge in [-0.15, -0.1) is 0 Å². The quantitative estimate of drug-likeness (QED) is 0.728. The number of hydrogen-bond acceptors (Lipinski definition) is 1. The van der Waals surface area contributed by atoms with Gasteiger partial charge in [-0.25, -0.2) is 22.5 Å². The number of benzene rings is 1. The fraction of sp³-hybridized carbons (Fsp3) is 0.182. The Kier molecular flexibility index (Phi) is 4.00. The highest BCUT2D eigenvalue weighted by Gasteiger charge is 2.37. The summed E-state index contributed by atoms with van der Waals surface area (Å²) in [7, 11) is 0. The Bertz CT molecular complexity index is 655. The van der Waals surface area contributed by atoms with Crippen molar-refractivity contribution in [3.8, 4) is 11.4 Å². The van der Waals surface area contributed by atoms with Crippen molar-refractivity contribution in [1.29, 1.82) is 0 Å². The third-order valence-corrected chi connectivity index (χ3v) is 3.07. The minimum atomic E-state index is -4.82. The highest BCUT2D eigenvalue weighted by atomic mass is 79.9. The van der Waals surface area contributed by atoms with E-state index in [0.717, 1.165) is 0 Å². The first-order valence-electron chi connectivity index (χ1n) is 5.21. The number of imidazole rings is 1. The second kappa shape index (κ2) is 5.32. The summed E-state index contributed by atoms with van der Waals surface area (Å²) in [4.78, 5) is 5.03. The Labute approximate surface area is 121 Å². The van der Waals surface area contributed by atoms with Crippen LogP contribution in [0, 0.1) is 11.6 Å². The average molecular weight is 377 g/mol. The van der Waals surface area contributed by atoms with Crippen molar-refractivity contribution >= 4 is 15.9 Å². The Hall–Kier alpha value is -1.58. The molecule has 0 saturated carbocycles. The third kappa shape index (κ3) is 3.04. The van der Waals surface area contributed by atoms with Crippen LogP contribution in [0.3, 0.4) is 0 Å². The molecule has 2 aromatic rings. The zero-order valence-corrected chi connectivity index (χ0v) is 11.3. The van der Waals surface area contributed by atoms with Gasteiger partial charge >= 0.3 is 6.18 Å². The molecule has 0 unspecified atom stereocenters. The standard InChI is InChI=1S/C11H4BrF7N2/c12-8-7(11(17,18)19)20-10(21-8)6-4(13)1-3(9(15)16)2-5(6)14/h1-2,9H,(H,20,21). The van der Waals surface area contributed by atoms with Crippen LogP contribution in [0.1, 0.15) is 17.7 Å². The van der Waals surface area contributed by atoms with Crippen LogP contribution in [-0.2, 0) is 6.18 Å². The average Bonchev–Trinajstić information content (AvgIpc) is 2.69. The fourth-order valence-electron chi connectivity index (χ4n) is 1.60. The largest absolute Gasteiger partial charge is 0.433 e. The molecule has 0 amide bonds. The molecule has 1 aromatic heterocycles. The summed E-state index contributed by atoms with van der Waals surface area (Å²) in [6.45, 7) is 0. The highest BCUT2D eigenvalue weighted by Crippen LogP contribution is 2.36. The van der Waals surface area contributed by atoms with Gasteiger partial charge in [-0.1, -0.05) is 0 Å². The molecule has 114 valence electrons. The van der Waals surface area contributed by atoms with Gasteiger partial charge in [-0.3, -0.25) is 0 Å². The van der Waals surface area contributed by atoms with Crippen molar-refractivity contribution in [2.24, 2.45) is 0 Å². The molecular formula is C11H4BrF7N2. The van der Waals surface area contributed by atoms with E-state index in [1.165, 1.54) is 0 Å². The molecule has 0 aliphatic rings. The van der Waals surface area contributed by atoms with Crippen LogP contribution in [0.2, 0.25) is 0 Å². The molecule has 1 heterocycles. The van der Waals surface area contributed by atoms with Gasteiger partial charge in [0.05, 0.1) is 5.56 Å². The molecular weight excluding hydrogens is 373 g/mol. The third-order valence-electron chi connectivity index (χ3n) is 2.50. The van der Waals surface area contributed by atoms with Gasteiger partial charge in [0.1, 0.15) is 22.1 Å². The molecule has 21 heavy (non-hydrogen) atoms. The number of alkyl halides is 5. The summed E-state index contributed by atoms with van der Waals surface area (Å²) in [6, 6.07) is 0.680. The summed E-state index contributed by atoms with van der Waals surface area (Å²) in [6.07, 6.45) is -7.93. The van der Waals surface area contributed by atoms with Crippen molar-refractivity contribution in [1.82, 2.24) is 9.97 Å². The molecule has 0 saturated heterocycles. The molecule has 0 aliphatic heterocycles. The van der Waals surface area contributed by atoms with Gasteiger partial charge in [-0.2, -0.15) is 13.2 Å². The number of halogens is 8. The van der Waals surface area contributed by atoms with E-state index in [9.17, 15) is 30.7 Å². The van der Waals surface area contributed by atoms with Gasteiger partial charge in [0.2, 0.25) is 0 Å².